The van der Waals surface area contributed by atoms with Crippen LogP contribution in [0.3, 0.4) is 0 Å². The molecular weight excluding hydrogens is 286 g/mol. The van der Waals surface area contributed by atoms with Gasteiger partial charge in [0.1, 0.15) is 5.37 Å². The smallest absolute Gasteiger partial charge is 0.223 e. The summed E-state index contributed by atoms with van der Waals surface area (Å²) in [4.78, 5) is 15.8. The van der Waals surface area contributed by atoms with Crippen LogP contribution in [0.2, 0.25) is 0 Å². The highest BCUT2D eigenvalue weighted by Gasteiger charge is 2.30. The van der Waals surface area contributed by atoms with Crippen LogP contribution in [-0.2, 0) is 4.79 Å². The van der Waals surface area contributed by atoms with Crippen LogP contribution in [0.1, 0.15) is 62.1 Å². The fourth-order valence-corrected chi connectivity index (χ4v) is 4.85. The minimum absolute atomic E-state index is 0.280. The summed E-state index contributed by atoms with van der Waals surface area (Å²) < 4.78 is 0. The summed E-state index contributed by atoms with van der Waals surface area (Å²) in [5.41, 5.74) is 0. The van der Waals surface area contributed by atoms with Gasteiger partial charge in [0.25, 0.3) is 0 Å². The van der Waals surface area contributed by atoms with Gasteiger partial charge in [-0.25, -0.2) is 0 Å². The third-order valence-electron chi connectivity index (χ3n) is 3.74. The third kappa shape index (κ3) is 4.52. The number of thiophene rings is 1. The Labute approximate surface area is 130 Å². The molecule has 1 fully saturated rings. The lowest BCUT2D eigenvalue weighted by molar-refractivity contribution is -0.131. The topological polar surface area (TPSA) is 20.3 Å². The molecule has 1 aliphatic heterocycles. The van der Waals surface area contributed by atoms with Gasteiger partial charge in [-0.1, -0.05) is 45.1 Å². The first-order valence-electron chi connectivity index (χ1n) is 7.77. The number of carbonyl (C=O) groups excluding carboxylic acids is 1. The summed E-state index contributed by atoms with van der Waals surface area (Å²) in [6.45, 7) is 3.15. The highest BCUT2D eigenvalue weighted by molar-refractivity contribution is 7.99. The summed E-state index contributed by atoms with van der Waals surface area (Å²) in [5.74, 6) is 1.43. The first-order chi connectivity index (χ1) is 9.83. The van der Waals surface area contributed by atoms with Gasteiger partial charge < -0.3 is 4.90 Å². The van der Waals surface area contributed by atoms with Gasteiger partial charge in [0.15, 0.2) is 0 Å². The predicted molar refractivity (Wildman–Crippen MR) is 89.2 cm³/mol. The lowest BCUT2D eigenvalue weighted by atomic mass is 10.1. The molecule has 112 valence electrons. The van der Waals surface area contributed by atoms with Gasteiger partial charge in [-0.2, -0.15) is 0 Å². The first-order valence-corrected chi connectivity index (χ1v) is 9.70. The number of hydrogen-bond acceptors (Lipinski definition) is 3. The van der Waals surface area contributed by atoms with E-state index in [1.54, 1.807) is 11.3 Å². The molecule has 1 aromatic rings. The molecule has 0 spiro atoms. The van der Waals surface area contributed by atoms with Crippen molar-refractivity contribution >= 4 is 29.0 Å². The molecule has 1 unspecified atom stereocenters. The van der Waals surface area contributed by atoms with Crippen molar-refractivity contribution in [1.82, 2.24) is 4.90 Å². The molecule has 1 amide bonds. The molecule has 1 atom stereocenters. The Hall–Kier alpha value is -0.480. The second-order valence-electron chi connectivity index (χ2n) is 5.34. The molecule has 1 saturated heterocycles. The van der Waals surface area contributed by atoms with Crippen molar-refractivity contribution in [2.45, 2.75) is 57.2 Å². The van der Waals surface area contributed by atoms with E-state index in [1.807, 2.05) is 11.8 Å². The first kappa shape index (κ1) is 15.9. The Morgan fingerprint density at radius 3 is 2.85 bits per heavy atom. The van der Waals surface area contributed by atoms with Crippen LogP contribution in [0.15, 0.2) is 17.5 Å². The molecule has 0 aliphatic carbocycles. The van der Waals surface area contributed by atoms with E-state index in [4.69, 9.17) is 0 Å². The predicted octanol–water partition coefficient (Wildman–Crippen LogP) is 5.07. The highest BCUT2D eigenvalue weighted by atomic mass is 32.2. The Kier molecular flexibility index (Phi) is 6.94. The number of thioether (sulfide) groups is 1. The summed E-state index contributed by atoms with van der Waals surface area (Å²) in [6, 6.07) is 4.23. The standard InChI is InChI=1S/C16H25NOS2/c1-2-3-4-5-6-7-10-15(18)17-11-13-20-16(17)14-9-8-12-19-14/h8-9,12,16H,2-7,10-11,13H2,1H3. The normalized spacial score (nSPS) is 18.6. The lowest BCUT2D eigenvalue weighted by Crippen LogP contribution is -2.29. The van der Waals surface area contributed by atoms with Gasteiger partial charge in [0.2, 0.25) is 5.91 Å². The Morgan fingerprint density at radius 2 is 2.10 bits per heavy atom. The zero-order valence-corrected chi connectivity index (χ0v) is 14.0. The van der Waals surface area contributed by atoms with Gasteiger partial charge >= 0.3 is 0 Å². The van der Waals surface area contributed by atoms with E-state index in [-0.39, 0.29) is 5.37 Å². The van der Waals surface area contributed by atoms with E-state index < -0.39 is 0 Å². The zero-order valence-electron chi connectivity index (χ0n) is 12.3. The minimum atomic E-state index is 0.280. The van der Waals surface area contributed by atoms with Crippen LogP contribution in [0.5, 0.6) is 0 Å². The molecule has 2 rings (SSSR count). The minimum Gasteiger partial charge on any atom is -0.325 e. The largest absolute Gasteiger partial charge is 0.325 e. The summed E-state index contributed by atoms with van der Waals surface area (Å²) in [5, 5.41) is 2.38. The van der Waals surface area contributed by atoms with Crippen molar-refractivity contribution in [2.75, 3.05) is 12.3 Å². The molecule has 20 heavy (non-hydrogen) atoms. The van der Waals surface area contributed by atoms with Crippen LogP contribution in [-0.4, -0.2) is 23.1 Å². The molecule has 0 aromatic carbocycles. The van der Waals surface area contributed by atoms with Crippen molar-refractivity contribution in [1.29, 1.82) is 0 Å². The maximum Gasteiger partial charge on any atom is 0.223 e. The number of carbonyl (C=O) groups is 1. The second-order valence-corrected chi connectivity index (χ2v) is 7.51. The molecule has 1 aliphatic rings. The number of nitrogens with zero attached hydrogens (tertiary/aromatic N) is 1. The Morgan fingerprint density at radius 1 is 1.30 bits per heavy atom. The number of rotatable bonds is 8. The van der Waals surface area contributed by atoms with E-state index in [0.29, 0.717) is 5.91 Å². The molecule has 0 radical (unpaired) electrons. The zero-order chi connectivity index (χ0) is 14.2. The fraction of sp³-hybridized carbons (Fsp3) is 0.688. The summed E-state index contributed by atoms with van der Waals surface area (Å²) >= 11 is 3.67. The third-order valence-corrected chi connectivity index (χ3v) is 6.06. The van der Waals surface area contributed by atoms with Gasteiger partial charge in [0.05, 0.1) is 0 Å². The Balaban J connectivity index is 1.71. The van der Waals surface area contributed by atoms with Crippen LogP contribution in [0, 0.1) is 0 Å². The van der Waals surface area contributed by atoms with Crippen LogP contribution in [0.4, 0.5) is 0 Å². The number of unbranched alkanes of at least 4 members (excludes halogenated alkanes) is 5. The molecule has 4 heteroatoms. The number of hydrogen-bond donors (Lipinski definition) is 0. The Bertz CT molecular complexity index is 391. The lowest BCUT2D eigenvalue weighted by Gasteiger charge is -2.23. The van der Waals surface area contributed by atoms with Gasteiger partial charge in [-0.3, -0.25) is 4.79 Å². The van der Waals surface area contributed by atoms with Crippen molar-refractivity contribution in [3.8, 4) is 0 Å². The van der Waals surface area contributed by atoms with E-state index in [2.05, 4.69) is 29.3 Å². The van der Waals surface area contributed by atoms with E-state index in [1.165, 1.54) is 37.0 Å². The van der Waals surface area contributed by atoms with E-state index in [9.17, 15) is 4.79 Å². The molecule has 2 heterocycles. The highest BCUT2D eigenvalue weighted by Crippen LogP contribution is 2.40. The second kappa shape index (κ2) is 8.73. The fourth-order valence-electron chi connectivity index (χ4n) is 2.59. The van der Waals surface area contributed by atoms with Crippen molar-refractivity contribution in [2.24, 2.45) is 0 Å². The van der Waals surface area contributed by atoms with Gasteiger partial charge in [0, 0.05) is 23.6 Å². The summed E-state index contributed by atoms with van der Waals surface area (Å²) in [6.07, 6.45) is 8.21. The quantitative estimate of drug-likeness (QED) is 0.624. The van der Waals surface area contributed by atoms with Crippen LogP contribution < -0.4 is 0 Å². The van der Waals surface area contributed by atoms with Crippen molar-refractivity contribution < 1.29 is 4.79 Å². The van der Waals surface area contributed by atoms with Crippen LogP contribution >= 0.6 is 23.1 Å². The van der Waals surface area contributed by atoms with Gasteiger partial charge in [-0.05, 0) is 17.9 Å². The molecule has 0 bridgehead atoms. The van der Waals surface area contributed by atoms with E-state index in [0.717, 1.165) is 25.1 Å². The number of amides is 1. The average Bonchev–Trinajstić information content (AvgIpc) is 3.11. The monoisotopic (exact) mass is 311 g/mol. The molecule has 1 aromatic heterocycles. The molecule has 0 N–H and O–H groups in total. The molecule has 0 saturated carbocycles. The van der Waals surface area contributed by atoms with Crippen molar-refractivity contribution in [3.05, 3.63) is 22.4 Å². The maximum absolute atomic E-state index is 12.4. The van der Waals surface area contributed by atoms with E-state index >= 15 is 0 Å². The molecule has 2 nitrogen and oxygen atoms in total. The van der Waals surface area contributed by atoms with Crippen LogP contribution in [0.25, 0.3) is 0 Å². The van der Waals surface area contributed by atoms with Crippen molar-refractivity contribution in [3.63, 3.8) is 0 Å². The average molecular weight is 312 g/mol. The van der Waals surface area contributed by atoms with Gasteiger partial charge in [-0.15, -0.1) is 23.1 Å². The summed E-state index contributed by atoms with van der Waals surface area (Å²) in [7, 11) is 0. The molecular formula is C16H25NOS2. The maximum atomic E-state index is 12.4. The SMILES string of the molecule is CCCCCCCCC(=O)N1CCSC1c1cccs1.